The van der Waals surface area contributed by atoms with Crippen LogP contribution in [0.25, 0.3) is 23.0 Å². The van der Waals surface area contributed by atoms with Gasteiger partial charge >= 0.3 is 0 Å². The molecule has 0 saturated heterocycles. The Kier molecular flexibility index (Phi) is 5.80. The third-order valence-electron chi connectivity index (χ3n) is 4.56. The quantitative estimate of drug-likeness (QED) is 0.318. The molecule has 0 amide bonds. The van der Waals surface area contributed by atoms with Gasteiger partial charge in [-0.25, -0.2) is 4.68 Å². The van der Waals surface area contributed by atoms with Crippen LogP contribution < -0.4 is 4.74 Å². The van der Waals surface area contributed by atoms with Crippen molar-refractivity contribution < 1.29 is 9.53 Å². The lowest BCUT2D eigenvalue weighted by atomic mass is 10.1. The van der Waals surface area contributed by atoms with Gasteiger partial charge in [-0.15, -0.1) is 0 Å². The van der Waals surface area contributed by atoms with Crippen molar-refractivity contribution in [3.05, 3.63) is 103 Å². The summed E-state index contributed by atoms with van der Waals surface area (Å²) in [5.74, 6) is 0.464. The van der Waals surface area contributed by atoms with Gasteiger partial charge in [0.15, 0.2) is 5.78 Å². The van der Waals surface area contributed by atoms with Gasteiger partial charge in [-0.05, 0) is 55.5 Å². The standard InChI is InChI=1S/C25H21N3O2/c1-2-30-24-13-7-6-12-22(24)23(29)15-14-20-18-28(21-10-4-3-5-11-21)27-25(20)19-9-8-16-26-17-19/h3-18H,2H2,1H3/b15-14+. The second-order valence-electron chi connectivity index (χ2n) is 6.58. The largest absolute Gasteiger partial charge is 0.493 e. The molecule has 2 aromatic heterocycles. The number of ether oxygens (including phenoxy) is 1. The van der Waals surface area contributed by atoms with Crippen LogP contribution in [0.4, 0.5) is 0 Å². The maximum atomic E-state index is 12.8. The summed E-state index contributed by atoms with van der Waals surface area (Å²) in [7, 11) is 0. The fourth-order valence-electron chi connectivity index (χ4n) is 3.16. The van der Waals surface area contributed by atoms with Gasteiger partial charge in [-0.2, -0.15) is 5.10 Å². The number of carbonyl (C=O) groups excluding carboxylic acids is 1. The lowest BCUT2D eigenvalue weighted by molar-refractivity contribution is 0.104. The highest BCUT2D eigenvalue weighted by Crippen LogP contribution is 2.25. The summed E-state index contributed by atoms with van der Waals surface area (Å²) in [6.45, 7) is 2.40. The highest BCUT2D eigenvalue weighted by atomic mass is 16.5. The molecule has 5 heteroatoms. The van der Waals surface area contributed by atoms with Gasteiger partial charge in [-0.3, -0.25) is 9.78 Å². The number of aromatic nitrogens is 3. The lowest BCUT2D eigenvalue weighted by Crippen LogP contribution is -2.01. The molecular formula is C25H21N3O2. The predicted molar refractivity (Wildman–Crippen MR) is 118 cm³/mol. The number of hydrogen-bond acceptors (Lipinski definition) is 4. The number of rotatable bonds is 7. The average molecular weight is 395 g/mol. The third kappa shape index (κ3) is 4.20. The summed E-state index contributed by atoms with van der Waals surface area (Å²) in [5.41, 5.74) is 3.95. The third-order valence-corrected chi connectivity index (χ3v) is 4.56. The summed E-state index contributed by atoms with van der Waals surface area (Å²) in [5, 5.41) is 4.74. The van der Waals surface area contributed by atoms with Crippen molar-refractivity contribution in [1.29, 1.82) is 0 Å². The summed E-state index contributed by atoms with van der Waals surface area (Å²) < 4.78 is 7.39. The molecule has 4 aromatic rings. The molecule has 0 saturated carbocycles. The van der Waals surface area contributed by atoms with E-state index < -0.39 is 0 Å². The Morgan fingerprint density at radius 2 is 1.83 bits per heavy atom. The van der Waals surface area contributed by atoms with Crippen molar-refractivity contribution in [2.24, 2.45) is 0 Å². The van der Waals surface area contributed by atoms with Crippen LogP contribution in [-0.4, -0.2) is 27.2 Å². The summed E-state index contributed by atoms with van der Waals surface area (Å²) in [6.07, 6.45) is 8.75. The molecule has 0 N–H and O–H groups in total. The number of nitrogens with zero attached hydrogens (tertiary/aromatic N) is 3. The Hall–Kier alpha value is -3.99. The molecule has 0 fully saturated rings. The van der Waals surface area contributed by atoms with E-state index in [0.29, 0.717) is 17.9 Å². The Morgan fingerprint density at radius 1 is 1.03 bits per heavy atom. The molecule has 0 spiro atoms. The van der Waals surface area contributed by atoms with Crippen LogP contribution in [-0.2, 0) is 0 Å². The Balaban J connectivity index is 1.71. The van der Waals surface area contributed by atoms with Crippen LogP contribution in [0.1, 0.15) is 22.8 Å². The number of carbonyl (C=O) groups is 1. The SMILES string of the molecule is CCOc1ccccc1C(=O)/C=C/c1cn(-c2ccccc2)nc1-c1cccnc1. The molecule has 4 rings (SSSR count). The van der Waals surface area contributed by atoms with E-state index in [2.05, 4.69) is 4.98 Å². The van der Waals surface area contributed by atoms with Crippen molar-refractivity contribution in [1.82, 2.24) is 14.8 Å². The molecule has 148 valence electrons. The van der Waals surface area contributed by atoms with E-state index in [4.69, 9.17) is 9.84 Å². The fraction of sp³-hybridized carbons (Fsp3) is 0.0800. The van der Waals surface area contributed by atoms with Crippen molar-refractivity contribution in [2.75, 3.05) is 6.61 Å². The van der Waals surface area contributed by atoms with Crippen molar-refractivity contribution in [3.8, 4) is 22.7 Å². The van der Waals surface area contributed by atoms with Crippen LogP contribution in [0.3, 0.4) is 0 Å². The zero-order chi connectivity index (χ0) is 20.8. The molecule has 0 radical (unpaired) electrons. The van der Waals surface area contributed by atoms with Gasteiger partial charge in [0.2, 0.25) is 0 Å². The topological polar surface area (TPSA) is 57.0 Å². The molecule has 0 unspecified atom stereocenters. The molecule has 30 heavy (non-hydrogen) atoms. The zero-order valence-electron chi connectivity index (χ0n) is 16.6. The number of pyridine rings is 1. The summed E-state index contributed by atoms with van der Waals surface area (Å²) >= 11 is 0. The molecule has 2 aromatic carbocycles. The highest BCUT2D eigenvalue weighted by Gasteiger charge is 2.13. The van der Waals surface area contributed by atoms with Gasteiger partial charge in [-0.1, -0.05) is 30.3 Å². The minimum absolute atomic E-state index is 0.122. The van der Waals surface area contributed by atoms with Crippen molar-refractivity contribution >= 4 is 11.9 Å². The minimum atomic E-state index is -0.122. The monoisotopic (exact) mass is 395 g/mol. The van der Waals surface area contributed by atoms with Crippen LogP contribution in [0.15, 0.2) is 91.4 Å². The van der Waals surface area contributed by atoms with Crippen molar-refractivity contribution in [2.45, 2.75) is 6.92 Å². The van der Waals surface area contributed by atoms with E-state index in [1.54, 1.807) is 41.4 Å². The Labute approximate surface area is 175 Å². The van der Waals surface area contributed by atoms with E-state index in [0.717, 1.165) is 22.5 Å². The number of benzene rings is 2. The molecular weight excluding hydrogens is 374 g/mol. The van der Waals surface area contributed by atoms with Gasteiger partial charge in [0.05, 0.1) is 17.9 Å². The first-order valence-corrected chi connectivity index (χ1v) is 9.76. The first kappa shape index (κ1) is 19.3. The number of para-hydroxylation sites is 2. The molecule has 5 nitrogen and oxygen atoms in total. The Bertz CT molecular complexity index is 1170. The molecule has 0 atom stereocenters. The maximum absolute atomic E-state index is 12.8. The van der Waals surface area contributed by atoms with Crippen molar-refractivity contribution in [3.63, 3.8) is 0 Å². The summed E-state index contributed by atoms with van der Waals surface area (Å²) in [6, 6.07) is 20.9. The smallest absolute Gasteiger partial charge is 0.189 e. The van der Waals surface area contributed by atoms with E-state index in [-0.39, 0.29) is 5.78 Å². The summed E-state index contributed by atoms with van der Waals surface area (Å²) in [4.78, 5) is 17.0. The van der Waals surface area contributed by atoms with Gasteiger partial charge in [0.25, 0.3) is 0 Å². The van der Waals surface area contributed by atoms with E-state index in [1.807, 2.05) is 67.7 Å². The minimum Gasteiger partial charge on any atom is -0.493 e. The van der Waals surface area contributed by atoms with Gasteiger partial charge in [0, 0.05) is 29.7 Å². The Morgan fingerprint density at radius 3 is 2.60 bits per heavy atom. The average Bonchev–Trinajstić information content (AvgIpc) is 3.24. The van der Waals surface area contributed by atoms with E-state index in [9.17, 15) is 4.79 Å². The second-order valence-corrected chi connectivity index (χ2v) is 6.58. The molecule has 2 heterocycles. The highest BCUT2D eigenvalue weighted by molar-refractivity contribution is 6.08. The maximum Gasteiger partial charge on any atom is 0.189 e. The van der Waals surface area contributed by atoms with Crippen LogP contribution in [0.5, 0.6) is 5.75 Å². The first-order valence-electron chi connectivity index (χ1n) is 9.76. The molecule has 0 bridgehead atoms. The zero-order valence-corrected chi connectivity index (χ0v) is 16.6. The lowest BCUT2D eigenvalue weighted by Gasteiger charge is -2.06. The number of allylic oxidation sites excluding steroid dienone is 1. The number of hydrogen-bond donors (Lipinski definition) is 0. The van der Waals surface area contributed by atoms with Crippen LogP contribution in [0, 0.1) is 0 Å². The second kappa shape index (κ2) is 9.01. The molecule has 0 aliphatic carbocycles. The van der Waals surface area contributed by atoms with Crippen LogP contribution in [0.2, 0.25) is 0 Å². The molecule has 0 aliphatic heterocycles. The fourth-order valence-corrected chi connectivity index (χ4v) is 3.16. The molecule has 0 aliphatic rings. The normalized spacial score (nSPS) is 11.0. The van der Waals surface area contributed by atoms with Crippen LogP contribution >= 0.6 is 0 Å². The number of ketones is 1. The first-order chi connectivity index (χ1) is 14.8. The van der Waals surface area contributed by atoms with E-state index >= 15 is 0 Å². The van der Waals surface area contributed by atoms with Gasteiger partial charge < -0.3 is 4.74 Å². The predicted octanol–water partition coefficient (Wildman–Crippen LogP) is 5.23. The van der Waals surface area contributed by atoms with E-state index in [1.165, 1.54) is 0 Å². The van der Waals surface area contributed by atoms with Gasteiger partial charge in [0.1, 0.15) is 11.4 Å².